The van der Waals surface area contributed by atoms with Crippen LogP contribution in [0.2, 0.25) is 0 Å². The maximum Gasteiger partial charge on any atom is 0.251 e. The van der Waals surface area contributed by atoms with Crippen LogP contribution in [0.5, 0.6) is 0 Å². The maximum atomic E-state index is 14.1. The molecule has 0 heterocycles. The van der Waals surface area contributed by atoms with Crippen LogP contribution in [0.15, 0.2) is 48.5 Å². The Labute approximate surface area is 209 Å². The van der Waals surface area contributed by atoms with Crippen molar-refractivity contribution in [2.45, 2.75) is 69.4 Å². The Hall–Kier alpha value is -2.28. The number of carbonyl (C=O) groups excluding carboxylic acids is 1. The first-order valence-corrected chi connectivity index (χ1v) is 13.0. The third-order valence-corrected chi connectivity index (χ3v) is 7.17. The summed E-state index contributed by atoms with van der Waals surface area (Å²) in [6.45, 7) is 1.31. The summed E-state index contributed by atoms with van der Waals surface area (Å²) in [6, 6.07) is 13.2. The van der Waals surface area contributed by atoms with Gasteiger partial charge in [-0.15, -0.1) is 0 Å². The molecule has 6 heteroatoms. The number of ether oxygens (including phenoxy) is 1. The van der Waals surface area contributed by atoms with Gasteiger partial charge in [0.15, 0.2) is 0 Å². The minimum atomic E-state index is -1.40. The molecule has 0 aromatic heterocycles. The fraction of sp³-hybridized carbons (Fsp3) is 0.552. The van der Waals surface area contributed by atoms with E-state index < -0.39 is 11.4 Å². The van der Waals surface area contributed by atoms with Crippen molar-refractivity contribution in [1.82, 2.24) is 10.6 Å². The number of halogens is 1. The maximum absolute atomic E-state index is 14.1. The lowest BCUT2D eigenvalue weighted by atomic mass is 9.81. The number of hydrogen-bond acceptors (Lipinski definition) is 4. The molecule has 0 spiro atoms. The van der Waals surface area contributed by atoms with E-state index in [0.29, 0.717) is 48.6 Å². The predicted molar refractivity (Wildman–Crippen MR) is 138 cm³/mol. The summed E-state index contributed by atoms with van der Waals surface area (Å²) in [5, 5.41) is 18.2. The lowest BCUT2D eigenvalue weighted by molar-refractivity contribution is 0.0647. The fourth-order valence-corrected chi connectivity index (χ4v) is 5.28. The minimum absolute atomic E-state index is 0.0513. The van der Waals surface area contributed by atoms with Crippen LogP contribution in [0.4, 0.5) is 4.39 Å². The van der Waals surface area contributed by atoms with Crippen molar-refractivity contribution < 1.29 is 19.0 Å². The molecule has 1 aliphatic rings. The first-order chi connectivity index (χ1) is 17.0. The summed E-state index contributed by atoms with van der Waals surface area (Å²) in [7, 11) is 3.56. The highest BCUT2D eigenvalue weighted by atomic mass is 19.1. The normalized spacial score (nSPS) is 17.0. The number of rotatable bonds is 13. The Balaban J connectivity index is 1.80. The topological polar surface area (TPSA) is 70.6 Å². The summed E-state index contributed by atoms with van der Waals surface area (Å²) in [5.41, 5.74) is 0.168. The molecule has 3 rings (SSSR count). The van der Waals surface area contributed by atoms with Crippen LogP contribution in [-0.2, 0) is 10.3 Å². The number of unbranched alkanes of at least 4 members (excludes halogenated alkanes) is 1. The van der Waals surface area contributed by atoms with Crippen LogP contribution in [0.25, 0.3) is 0 Å². The summed E-state index contributed by atoms with van der Waals surface area (Å²) in [6.07, 6.45) is 9.17. The van der Waals surface area contributed by atoms with Crippen molar-refractivity contribution in [2.24, 2.45) is 5.92 Å². The molecular formula is C29H41FN2O3. The molecule has 2 aromatic carbocycles. The van der Waals surface area contributed by atoms with E-state index in [2.05, 4.69) is 10.6 Å². The van der Waals surface area contributed by atoms with Crippen LogP contribution < -0.4 is 10.6 Å². The Morgan fingerprint density at radius 3 is 2.51 bits per heavy atom. The van der Waals surface area contributed by atoms with Gasteiger partial charge in [-0.1, -0.05) is 56.4 Å². The Kier molecular flexibility index (Phi) is 10.7. The van der Waals surface area contributed by atoms with E-state index in [0.717, 1.165) is 12.8 Å². The molecule has 0 saturated heterocycles. The highest BCUT2D eigenvalue weighted by Crippen LogP contribution is 2.35. The van der Waals surface area contributed by atoms with Gasteiger partial charge in [0.1, 0.15) is 11.4 Å². The molecule has 1 fully saturated rings. The average molecular weight is 485 g/mol. The summed E-state index contributed by atoms with van der Waals surface area (Å²) in [4.78, 5) is 13.2. The second kappa shape index (κ2) is 13.7. The predicted octanol–water partition coefficient (Wildman–Crippen LogP) is 5.17. The van der Waals surface area contributed by atoms with Gasteiger partial charge in [-0.2, -0.15) is 0 Å². The second-order valence-corrected chi connectivity index (χ2v) is 9.87. The van der Waals surface area contributed by atoms with Crippen LogP contribution in [0.1, 0.15) is 79.3 Å². The molecule has 1 amide bonds. The van der Waals surface area contributed by atoms with E-state index in [4.69, 9.17) is 4.74 Å². The number of carbonyl (C=O) groups is 1. The SMILES string of the molecule is CNC[C@H](CC1CCCCC1)NC(=O)c1cccc([C@@](O)(CCCCOC)c2cccc(F)c2)c1. The summed E-state index contributed by atoms with van der Waals surface area (Å²) < 4.78 is 19.2. The first-order valence-electron chi connectivity index (χ1n) is 13.0. The molecule has 35 heavy (non-hydrogen) atoms. The zero-order chi connectivity index (χ0) is 25.1. The molecule has 5 nitrogen and oxygen atoms in total. The molecule has 2 atom stereocenters. The van der Waals surface area contributed by atoms with Crippen molar-refractivity contribution in [1.29, 1.82) is 0 Å². The van der Waals surface area contributed by atoms with Crippen LogP contribution in [0, 0.1) is 11.7 Å². The number of nitrogens with one attached hydrogen (secondary N) is 2. The lowest BCUT2D eigenvalue weighted by Crippen LogP contribution is -2.42. The van der Waals surface area contributed by atoms with Crippen LogP contribution in [-0.4, -0.2) is 44.4 Å². The van der Waals surface area contributed by atoms with Crippen molar-refractivity contribution in [3.63, 3.8) is 0 Å². The van der Waals surface area contributed by atoms with Gasteiger partial charge in [0.05, 0.1) is 0 Å². The van der Waals surface area contributed by atoms with E-state index in [9.17, 15) is 14.3 Å². The van der Waals surface area contributed by atoms with Gasteiger partial charge < -0.3 is 20.5 Å². The van der Waals surface area contributed by atoms with Gasteiger partial charge in [0.25, 0.3) is 5.91 Å². The third kappa shape index (κ3) is 7.86. The zero-order valence-electron chi connectivity index (χ0n) is 21.2. The monoisotopic (exact) mass is 484 g/mol. The molecule has 0 aliphatic heterocycles. The number of likely N-dealkylation sites (N-methyl/N-ethyl adjacent to an activating group) is 1. The number of amides is 1. The summed E-state index contributed by atoms with van der Waals surface area (Å²) >= 11 is 0. The number of aliphatic hydroxyl groups is 1. The molecule has 3 N–H and O–H groups in total. The smallest absolute Gasteiger partial charge is 0.251 e. The van der Waals surface area contributed by atoms with E-state index in [1.54, 1.807) is 37.4 Å². The molecule has 1 saturated carbocycles. The van der Waals surface area contributed by atoms with Gasteiger partial charge in [-0.3, -0.25) is 4.79 Å². The molecule has 192 valence electrons. The van der Waals surface area contributed by atoms with E-state index in [1.807, 2.05) is 13.1 Å². The van der Waals surface area contributed by atoms with E-state index in [-0.39, 0.29) is 11.9 Å². The van der Waals surface area contributed by atoms with Gasteiger partial charge in [-0.05, 0) is 74.0 Å². The van der Waals surface area contributed by atoms with E-state index in [1.165, 1.54) is 44.2 Å². The van der Waals surface area contributed by atoms with Crippen molar-refractivity contribution >= 4 is 5.91 Å². The summed E-state index contributed by atoms with van der Waals surface area (Å²) in [5.74, 6) is 0.104. The van der Waals surface area contributed by atoms with E-state index >= 15 is 0 Å². The van der Waals surface area contributed by atoms with Crippen LogP contribution >= 0.6 is 0 Å². The first kappa shape index (κ1) is 27.3. The minimum Gasteiger partial charge on any atom is -0.385 e. The number of methoxy groups -OCH3 is 1. The fourth-order valence-electron chi connectivity index (χ4n) is 5.28. The number of hydrogen-bond donors (Lipinski definition) is 3. The Bertz CT molecular complexity index is 932. The molecule has 0 unspecified atom stereocenters. The van der Waals surface area contributed by atoms with Gasteiger partial charge in [0, 0.05) is 31.9 Å². The third-order valence-electron chi connectivity index (χ3n) is 7.17. The molecule has 1 aliphatic carbocycles. The molecule has 0 radical (unpaired) electrons. The second-order valence-electron chi connectivity index (χ2n) is 9.87. The Morgan fingerprint density at radius 2 is 1.83 bits per heavy atom. The van der Waals surface area contributed by atoms with Crippen molar-refractivity contribution in [3.05, 3.63) is 71.0 Å². The highest BCUT2D eigenvalue weighted by Gasteiger charge is 2.32. The lowest BCUT2D eigenvalue weighted by Gasteiger charge is -2.30. The quantitative estimate of drug-likeness (QED) is 0.343. The van der Waals surface area contributed by atoms with Gasteiger partial charge in [-0.25, -0.2) is 4.39 Å². The molecule has 2 aromatic rings. The van der Waals surface area contributed by atoms with Gasteiger partial charge in [0.2, 0.25) is 0 Å². The Morgan fingerprint density at radius 1 is 1.11 bits per heavy atom. The van der Waals surface area contributed by atoms with Crippen molar-refractivity contribution in [3.8, 4) is 0 Å². The van der Waals surface area contributed by atoms with Crippen molar-refractivity contribution in [2.75, 3.05) is 27.3 Å². The molecular weight excluding hydrogens is 443 g/mol. The standard InChI is InChI=1S/C29H41FN2O3/c1-31-21-27(18-22-10-4-3-5-11-22)32-28(33)23-12-8-13-24(19-23)29(34,16-6-7-17-35-2)25-14-9-15-26(30)20-25/h8-9,12-15,19-20,22,27,31,34H,3-7,10-11,16-18,21H2,1-2H3,(H,32,33)/t27-,29-/m0/s1. The van der Waals surface area contributed by atoms with Crippen LogP contribution in [0.3, 0.4) is 0 Å². The zero-order valence-corrected chi connectivity index (χ0v) is 21.2. The molecule has 0 bridgehead atoms. The highest BCUT2D eigenvalue weighted by molar-refractivity contribution is 5.94. The average Bonchev–Trinajstić information content (AvgIpc) is 2.87. The number of benzene rings is 2. The largest absolute Gasteiger partial charge is 0.385 e. The van der Waals surface area contributed by atoms with Gasteiger partial charge >= 0.3 is 0 Å².